The third-order valence-corrected chi connectivity index (χ3v) is 4.02. The van der Waals surface area contributed by atoms with E-state index in [0.717, 1.165) is 41.5 Å². The Morgan fingerprint density at radius 2 is 2.05 bits per heavy atom. The molecule has 1 aliphatic rings. The molecule has 3 rings (SSSR count). The van der Waals surface area contributed by atoms with E-state index in [0.29, 0.717) is 6.04 Å². The minimum Gasteiger partial charge on any atom is -0.384 e. The molecule has 0 bridgehead atoms. The number of nitrogens with zero attached hydrogens (tertiary/aromatic N) is 1. The lowest BCUT2D eigenvalue weighted by Gasteiger charge is -2.13. The normalized spacial score (nSPS) is 18.1. The molecular formula is C17H19N3. The van der Waals surface area contributed by atoms with Crippen molar-refractivity contribution in [3.63, 3.8) is 0 Å². The summed E-state index contributed by atoms with van der Waals surface area (Å²) in [6.07, 6.45) is 3.73. The summed E-state index contributed by atoms with van der Waals surface area (Å²) >= 11 is 0. The summed E-state index contributed by atoms with van der Waals surface area (Å²) < 4.78 is 0. The van der Waals surface area contributed by atoms with E-state index in [2.05, 4.69) is 22.8 Å². The number of benzene rings is 2. The molecule has 1 fully saturated rings. The van der Waals surface area contributed by atoms with Gasteiger partial charge in [0.15, 0.2) is 0 Å². The van der Waals surface area contributed by atoms with Gasteiger partial charge in [0.05, 0.1) is 11.6 Å². The highest BCUT2D eigenvalue weighted by atomic mass is 14.9. The zero-order valence-corrected chi connectivity index (χ0v) is 11.5. The Kier molecular flexibility index (Phi) is 3.85. The zero-order chi connectivity index (χ0) is 13.8. The van der Waals surface area contributed by atoms with Gasteiger partial charge in [0.2, 0.25) is 0 Å². The molecule has 0 saturated carbocycles. The fourth-order valence-electron chi connectivity index (χ4n) is 2.93. The minimum absolute atomic E-state index is 0.659. The second-order valence-corrected chi connectivity index (χ2v) is 5.33. The molecule has 20 heavy (non-hydrogen) atoms. The van der Waals surface area contributed by atoms with E-state index in [9.17, 15) is 0 Å². The summed E-state index contributed by atoms with van der Waals surface area (Å²) in [6, 6.07) is 14.9. The monoisotopic (exact) mass is 265 g/mol. The van der Waals surface area contributed by atoms with Crippen molar-refractivity contribution in [3.05, 3.63) is 42.0 Å². The molecular weight excluding hydrogens is 246 g/mol. The Bertz CT molecular complexity index is 636. The molecule has 2 N–H and O–H groups in total. The molecule has 102 valence electrons. The fourth-order valence-corrected chi connectivity index (χ4v) is 2.93. The Labute approximate surface area is 119 Å². The van der Waals surface area contributed by atoms with Gasteiger partial charge in [-0.05, 0) is 37.9 Å². The van der Waals surface area contributed by atoms with Crippen molar-refractivity contribution >= 4 is 16.5 Å². The van der Waals surface area contributed by atoms with E-state index in [1.807, 2.05) is 30.3 Å². The highest BCUT2D eigenvalue weighted by Gasteiger charge is 2.13. The maximum atomic E-state index is 9.17. The van der Waals surface area contributed by atoms with Crippen molar-refractivity contribution in [3.8, 4) is 6.07 Å². The maximum absolute atomic E-state index is 9.17. The first-order valence-corrected chi connectivity index (χ1v) is 7.27. The topological polar surface area (TPSA) is 47.9 Å². The Balaban J connectivity index is 1.76. The van der Waals surface area contributed by atoms with Crippen molar-refractivity contribution in [1.82, 2.24) is 5.32 Å². The van der Waals surface area contributed by atoms with E-state index in [1.54, 1.807) is 0 Å². The van der Waals surface area contributed by atoms with Crippen LogP contribution in [0.5, 0.6) is 0 Å². The predicted molar refractivity (Wildman–Crippen MR) is 82.8 cm³/mol. The standard InChI is InChI=1S/C17H19N3/c18-12-13-7-8-17(16-6-2-1-5-15(13)16)20-11-9-14-4-3-10-19-14/h1-2,5-8,14,19-20H,3-4,9-11H2/t14-/m1/s1. The molecule has 0 spiro atoms. The molecule has 1 heterocycles. The molecule has 1 atom stereocenters. The maximum Gasteiger partial charge on any atom is 0.0998 e. The van der Waals surface area contributed by atoms with Crippen LogP contribution in [0.2, 0.25) is 0 Å². The Morgan fingerprint density at radius 1 is 1.20 bits per heavy atom. The summed E-state index contributed by atoms with van der Waals surface area (Å²) in [5.41, 5.74) is 1.86. The summed E-state index contributed by atoms with van der Waals surface area (Å²) in [7, 11) is 0. The summed E-state index contributed by atoms with van der Waals surface area (Å²) in [4.78, 5) is 0. The van der Waals surface area contributed by atoms with Crippen LogP contribution >= 0.6 is 0 Å². The molecule has 2 aromatic carbocycles. The van der Waals surface area contributed by atoms with Crippen LogP contribution in [-0.2, 0) is 0 Å². The second-order valence-electron chi connectivity index (χ2n) is 5.33. The van der Waals surface area contributed by atoms with Crippen LogP contribution in [0, 0.1) is 11.3 Å². The number of hydrogen-bond donors (Lipinski definition) is 2. The van der Waals surface area contributed by atoms with Crippen molar-refractivity contribution in [2.45, 2.75) is 25.3 Å². The number of nitriles is 1. The third kappa shape index (κ3) is 2.61. The van der Waals surface area contributed by atoms with Crippen LogP contribution in [0.25, 0.3) is 10.8 Å². The van der Waals surface area contributed by atoms with Gasteiger partial charge in [-0.15, -0.1) is 0 Å². The third-order valence-electron chi connectivity index (χ3n) is 4.02. The largest absolute Gasteiger partial charge is 0.384 e. The van der Waals surface area contributed by atoms with E-state index in [-0.39, 0.29) is 0 Å². The van der Waals surface area contributed by atoms with Crippen molar-refractivity contribution in [2.24, 2.45) is 0 Å². The van der Waals surface area contributed by atoms with Gasteiger partial charge in [-0.3, -0.25) is 0 Å². The van der Waals surface area contributed by atoms with Crippen LogP contribution < -0.4 is 10.6 Å². The number of anilines is 1. The number of fused-ring (bicyclic) bond motifs is 1. The Morgan fingerprint density at radius 3 is 2.80 bits per heavy atom. The van der Waals surface area contributed by atoms with Gasteiger partial charge in [-0.1, -0.05) is 24.3 Å². The highest BCUT2D eigenvalue weighted by Crippen LogP contribution is 2.26. The first-order chi connectivity index (χ1) is 9.88. The molecule has 1 aliphatic heterocycles. The quantitative estimate of drug-likeness (QED) is 0.892. The van der Waals surface area contributed by atoms with Gasteiger partial charge in [-0.25, -0.2) is 0 Å². The van der Waals surface area contributed by atoms with Crippen LogP contribution in [-0.4, -0.2) is 19.1 Å². The van der Waals surface area contributed by atoms with Gasteiger partial charge in [0.1, 0.15) is 0 Å². The second kappa shape index (κ2) is 5.94. The van der Waals surface area contributed by atoms with Crippen LogP contribution in [0.3, 0.4) is 0 Å². The molecule has 0 unspecified atom stereocenters. The molecule has 0 aromatic heterocycles. The summed E-state index contributed by atoms with van der Waals surface area (Å²) in [5, 5.41) is 18.4. The van der Waals surface area contributed by atoms with E-state index in [1.165, 1.54) is 12.8 Å². The number of nitrogens with one attached hydrogen (secondary N) is 2. The van der Waals surface area contributed by atoms with Gasteiger partial charge < -0.3 is 10.6 Å². The van der Waals surface area contributed by atoms with Gasteiger partial charge in [0.25, 0.3) is 0 Å². The lowest BCUT2D eigenvalue weighted by molar-refractivity contribution is 0.574. The molecule has 0 radical (unpaired) electrons. The summed E-state index contributed by atoms with van der Waals surface area (Å²) in [6.45, 7) is 2.12. The van der Waals surface area contributed by atoms with E-state index >= 15 is 0 Å². The lowest BCUT2D eigenvalue weighted by Crippen LogP contribution is -2.24. The van der Waals surface area contributed by atoms with Gasteiger partial charge in [-0.2, -0.15) is 5.26 Å². The van der Waals surface area contributed by atoms with Gasteiger partial charge in [0, 0.05) is 29.0 Å². The zero-order valence-electron chi connectivity index (χ0n) is 11.5. The van der Waals surface area contributed by atoms with Crippen LogP contribution in [0.15, 0.2) is 36.4 Å². The van der Waals surface area contributed by atoms with Crippen molar-refractivity contribution in [1.29, 1.82) is 5.26 Å². The minimum atomic E-state index is 0.659. The summed E-state index contributed by atoms with van der Waals surface area (Å²) in [5.74, 6) is 0. The van der Waals surface area contributed by atoms with Crippen LogP contribution in [0.1, 0.15) is 24.8 Å². The molecule has 3 heteroatoms. The molecule has 2 aromatic rings. The molecule has 3 nitrogen and oxygen atoms in total. The predicted octanol–water partition coefficient (Wildman–Crippen LogP) is 3.27. The van der Waals surface area contributed by atoms with E-state index < -0.39 is 0 Å². The Hall–Kier alpha value is -2.05. The molecule has 1 saturated heterocycles. The first kappa shape index (κ1) is 13.0. The number of rotatable bonds is 4. The van der Waals surface area contributed by atoms with Gasteiger partial charge >= 0.3 is 0 Å². The fraction of sp³-hybridized carbons (Fsp3) is 0.353. The average Bonchev–Trinajstić information content (AvgIpc) is 3.01. The lowest BCUT2D eigenvalue weighted by atomic mass is 10.0. The van der Waals surface area contributed by atoms with Crippen molar-refractivity contribution < 1.29 is 0 Å². The molecule has 0 aliphatic carbocycles. The SMILES string of the molecule is N#Cc1ccc(NCC[C@H]2CCCN2)c2ccccc12. The molecule has 0 amide bonds. The van der Waals surface area contributed by atoms with Crippen molar-refractivity contribution in [2.75, 3.05) is 18.4 Å². The smallest absolute Gasteiger partial charge is 0.0998 e. The van der Waals surface area contributed by atoms with Crippen LogP contribution in [0.4, 0.5) is 5.69 Å². The number of hydrogen-bond acceptors (Lipinski definition) is 3. The highest BCUT2D eigenvalue weighted by molar-refractivity contribution is 5.97. The van der Waals surface area contributed by atoms with E-state index in [4.69, 9.17) is 5.26 Å². The average molecular weight is 265 g/mol. The first-order valence-electron chi connectivity index (χ1n) is 7.27.